The molecule has 2 unspecified atom stereocenters. The molecule has 128 valence electrons. The van der Waals surface area contributed by atoms with Crippen molar-refractivity contribution in [3.8, 4) is 0 Å². The van der Waals surface area contributed by atoms with Crippen LogP contribution in [0.3, 0.4) is 0 Å². The lowest BCUT2D eigenvalue weighted by molar-refractivity contribution is 0.254. The van der Waals surface area contributed by atoms with Gasteiger partial charge in [0.15, 0.2) is 5.69 Å². The third kappa shape index (κ3) is 2.84. The van der Waals surface area contributed by atoms with Crippen LogP contribution >= 0.6 is 0 Å². The SMILES string of the molecule is CC1C(C)(C)c2ccccc2[N+]1(CCCC=S(=O)=O)S(=O)(=O)O. The highest BCUT2D eigenvalue weighted by Crippen LogP contribution is 2.51. The molecular weight excluding hydrogens is 338 g/mol. The Kier molecular flexibility index (Phi) is 4.74. The summed E-state index contributed by atoms with van der Waals surface area (Å²) in [7, 11) is -6.70. The van der Waals surface area contributed by atoms with E-state index in [-0.39, 0.29) is 13.0 Å². The first-order valence-corrected chi connectivity index (χ1v) is 9.95. The fourth-order valence-electron chi connectivity index (χ4n) is 3.56. The largest absolute Gasteiger partial charge is 0.438 e. The molecule has 0 amide bonds. The second-order valence-corrected chi connectivity index (χ2v) is 8.85. The molecule has 0 fully saturated rings. The van der Waals surface area contributed by atoms with Crippen LogP contribution in [0.2, 0.25) is 0 Å². The van der Waals surface area contributed by atoms with Gasteiger partial charge in [0, 0.05) is 28.8 Å². The Hall–Kier alpha value is -1.22. The van der Waals surface area contributed by atoms with E-state index < -0.39 is 35.9 Å². The molecule has 0 bridgehead atoms. The molecule has 0 spiro atoms. The average Bonchev–Trinajstić information content (AvgIpc) is 2.62. The summed E-state index contributed by atoms with van der Waals surface area (Å²) in [6, 6.07) is 6.82. The molecule has 1 aromatic rings. The summed E-state index contributed by atoms with van der Waals surface area (Å²) in [6.45, 7) is 5.85. The standard InChI is InChI=1S/C15H21NO5S2/c1-12-15(2,3)13-8-4-5-9-14(13)16(12,23(19,20)21)10-6-7-11-22(17)18/h4-5,8-9,11-12H,6-7,10H2,1-3H3/p+1. The van der Waals surface area contributed by atoms with Crippen molar-refractivity contribution in [1.29, 1.82) is 0 Å². The second kappa shape index (κ2) is 6.01. The van der Waals surface area contributed by atoms with Gasteiger partial charge in [-0.05, 0) is 27.2 Å². The molecule has 0 aliphatic carbocycles. The van der Waals surface area contributed by atoms with Gasteiger partial charge in [-0.25, -0.2) is 4.55 Å². The molecule has 1 aromatic carbocycles. The first kappa shape index (κ1) is 18.1. The quantitative estimate of drug-likeness (QED) is 0.375. The maximum atomic E-state index is 12.3. The van der Waals surface area contributed by atoms with Crippen LogP contribution in [-0.4, -0.2) is 39.3 Å². The van der Waals surface area contributed by atoms with Gasteiger partial charge in [0.1, 0.15) is 12.6 Å². The molecule has 1 N–H and O–H groups in total. The number of benzene rings is 1. The predicted molar refractivity (Wildman–Crippen MR) is 91.4 cm³/mol. The van der Waals surface area contributed by atoms with Crippen molar-refractivity contribution in [3.63, 3.8) is 0 Å². The molecule has 2 atom stereocenters. The van der Waals surface area contributed by atoms with Crippen LogP contribution in [0.15, 0.2) is 24.3 Å². The minimum absolute atomic E-state index is 0.119. The van der Waals surface area contributed by atoms with Crippen molar-refractivity contribution in [2.45, 2.75) is 45.1 Å². The maximum Gasteiger partial charge on any atom is 0.438 e. The maximum absolute atomic E-state index is 12.3. The topological polar surface area (TPSA) is 88.5 Å². The van der Waals surface area contributed by atoms with E-state index in [0.717, 1.165) is 10.9 Å². The monoisotopic (exact) mass is 360 g/mol. The first-order valence-electron chi connectivity index (χ1n) is 7.42. The smallest absolute Gasteiger partial charge is 0.241 e. The van der Waals surface area contributed by atoms with E-state index in [1.807, 2.05) is 32.9 Å². The van der Waals surface area contributed by atoms with Crippen molar-refractivity contribution in [2.24, 2.45) is 0 Å². The average molecular weight is 360 g/mol. The molecule has 1 heterocycles. The van der Waals surface area contributed by atoms with Crippen molar-refractivity contribution in [1.82, 2.24) is 3.89 Å². The second-order valence-electron chi connectivity index (χ2n) is 6.45. The number of fused-ring (bicyclic) bond motifs is 1. The lowest BCUT2D eigenvalue weighted by atomic mass is 9.81. The molecule has 1 aliphatic heterocycles. The van der Waals surface area contributed by atoms with Gasteiger partial charge in [-0.15, -0.1) is 8.42 Å². The van der Waals surface area contributed by atoms with Crippen molar-refractivity contribution < 1.29 is 21.4 Å². The van der Waals surface area contributed by atoms with E-state index in [0.29, 0.717) is 12.1 Å². The zero-order chi connectivity index (χ0) is 17.5. The van der Waals surface area contributed by atoms with Gasteiger partial charge in [-0.1, -0.05) is 18.2 Å². The fraction of sp³-hybridized carbons (Fsp3) is 0.533. The van der Waals surface area contributed by atoms with Gasteiger partial charge in [0.05, 0.1) is 0 Å². The molecule has 0 saturated carbocycles. The summed E-state index contributed by atoms with van der Waals surface area (Å²) in [5.41, 5.74) is 1.02. The van der Waals surface area contributed by atoms with E-state index >= 15 is 0 Å². The lowest BCUT2D eigenvalue weighted by Crippen LogP contribution is -2.60. The molecule has 0 aromatic heterocycles. The van der Waals surface area contributed by atoms with E-state index in [4.69, 9.17) is 0 Å². The van der Waals surface area contributed by atoms with Crippen LogP contribution in [0.5, 0.6) is 0 Å². The van der Waals surface area contributed by atoms with E-state index in [1.165, 1.54) is 0 Å². The Balaban J connectivity index is 2.57. The number of hydrogen-bond donors (Lipinski definition) is 1. The van der Waals surface area contributed by atoms with Crippen LogP contribution in [0, 0.1) is 0 Å². The zero-order valence-electron chi connectivity index (χ0n) is 13.4. The Morgan fingerprint density at radius 2 is 1.91 bits per heavy atom. The van der Waals surface area contributed by atoms with Gasteiger partial charge in [-0.2, -0.15) is 12.3 Å². The molecule has 23 heavy (non-hydrogen) atoms. The predicted octanol–water partition coefficient (Wildman–Crippen LogP) is 1.94. The van der Waals surface area contributed by atoms with E-state index in [9.17, 15) is 21.4 Å². The fourth-order valence-corrected chi connectivity index (χ4v) is 5.35. The summed E-state index contributed by atoms with van der Waals surface area (Å²) >= 11 is 0. The molecular formula is C15H22NO5S2+. The van der Waals surface area contributed by atoms with Crippen LogP contribution in [0.25, 0.3) is 0 Å². The Labute approximate surface area is 138 Å². The summed E-state index contributed by atoms with van der Waals surface area (Å²) in [5, 5.41) is 1.11. The highest BCUT2D eigenvalue weighted by molar-refractivity contribution is 7.85. The Morgan fingerprint density at radius 1 is 1.30 bits per heavy atom. The molecule has 0 saturated heterocycles. The summed E-state index contributed by atoms with van der Waals surface area (Å²) in [6.07, 6.45) is 0.573. The lowest BCUT2D eigenvalue weighted by Gasteiger charge is -2.37. The highest BCUT2D eigenvalue weighted by atomic mass is 32.2. The van der Waals surface area contributed by atoms with E-state index in [2.05, 4.69) is 0 Å². The molecule has 6 nitrogen and oxygen atoms in total. The van der Waals surface area contributed by atoms with Crippen molar-refractivity contribution in [3.05, 3.63) is 29.8 Å². The summed E-state index contributed by atoms with van der Waals surface area (Å²) in [5.74, 6) is 0. The van der Waals surface area contributed by atoms with E-state index in [1.54, 1.807) is 12.1 Å². The van der Waals surface area contributed by atoms with Crippen LogP contribution in [-0.2, 0) is 26.0 Å². The Morgan fingerprint density at radius 3 is 2.48 bits per heavy atom. The minimum Gasteiger partial charge on any atom is -0.241 e. The minimum atomic E-state index is -4.43. The van der Waals surface area contributed by atoms with Gasteiger partial charge >= 0.3 is 10.3 Å². The first-order chi connectivity index (χ1) is 10.5. The molecule has 8 heteroatoms. The number of rotatable bonds is 5. The zero-order valence-corrected chi connectivity index (χ0v) is 15.1. The highest BCUT2D eigenvalue weighted by Gasteiger charge is 2.61. The summed E-state index contributed by atoms with van der Waals surface area (Å²) in [4.78, 5) is 0. The van der Waals surface area contributed by atoms with Gasteiger partial charge in [0.25, 0.3) is 0 Å². The van der Waals surface area contributed by atoms with Crippen molar-refractivity contribution >= 4 is 31.7 Å². The molecule has 1 aliphatic rings. The van der Waals surface area contributed by atoms with Gasteiger partial charge in [0.2, 0.25) is 10.3 Å². The third-order valence-corrected chi connectivity index (χ3v) is 7.06. The molecule has 0 radical (unpaired) electrons. The van der Waals surface area contributed by atoms with Crippen molar-refractivity contribution in [2.75, 3.05) is 6.54 Å². The van der Waals surface area contributed by atoms with Gasteiger partial charge in [-0.3, -0.25) is 0 Å². The van der Waals surface area contributed by atoms with Crippen LogP contribution in [0.1, 0.15) is 39.2 Å². The number of nitrogens with zero attached hydrogens (tertiary/aromatic N) is 1. The number of quaternary nitrogens is 1. The summed E-state index contributed by atoms with van der Waals surface area (Å²) < 4.78 is 55.4. The number of unbranched alkanes of at least 4 members (excludes halogenated alkanes) is 1. The van der Waals surface area contributed by atoms with Crippen LogP contribution in [0.4, 0.5) is 5.69 Å². The number of para-hydroxylation sites is 1. The number of hydrogen-bond acceptors (Lipinski definition) is 4. The normalized spacial score (nSPS) is 25.8. The molecule has 2 rings (SSSR count). The van der Waals surface area contributed by atoms with Gasteiger partial charge < -0.3 is 0 Å². The third-order valence-electron chi connectivity index (χ3n) is 5.04. The Bertz CT molecular complexity index is 834. The van der Waals surface area contributed by atoms with Crippen LogP contribution < -0.4 is 3.89 Å².